The molecule has 1 fully saturated rings. The molecule has 8 heteroatoms. The highest BCUT2D eigenvalue weighted by Crippen LogP contribution is 2.18. The molecule has 1 aliphatic rings. The van der Waals surface area contributed by atoms with Crippen molar-refractivity contribution in [3.05, 3.63) is 15.6 Å². The van der Waals surface area contributed by atoms with E-state index in [1.54, 1.807) is 18.9 Å². The molecule has 2 amide bonds. The lowest BCUT2D eigenvalue weighted by Crippen LogP contribution is -2.45. The lowest BCUT2D eigenvalue weighted by atomic mass is 10.1. The number of thiazole rings is 1. The summed E-state index contributed by atoms with van der Waals surface area (Å²) in [5, 5.41) is 12.4. The molecule has 21 heavy (non-hydrogen) atoms. The molecule has 116 valence electrons. The minimum absolute atomic E-state index is 0.174. The van der Waals surface area contributed by atoms with Gasteiger partial charge in [-0.1, -0.05) is 0 Å². The maximum absolute atomic E-state index is 12.1. The molecule has 0 aromatic carbocycles. The normalized spacial score (nSPS) is 15.7. The van der Waals surface area contributed by atoms with Gasteiger partial charge in [-0.05, 0) is 19.8 Å². The summed E-state index contributed by atoms with van der Waals surface area (Å²) < 4.78 is 5.27. The average Bonchev–Trinajstić information content (AvgIpc) is 2.86. The number of nitrogens with one attached hydrogen (secondary N) is 1. The Hall–Kier alpha value is -1.67. The zero-order valence-corrected chi connectivity index (χ0v) is 12.9. The van der Waals surface area contributed by atoms with Gasteiger partial charge in [0, 0.05) is 26.3 Å². The Balaban J connectivity index is 1.88. The minimum atomic E-state index is -0.984. The number of carbonyl (C=O) groups is 2. The predicted molar refractivity (Wildman–Crippen MR) is 77.7 cm³/mol. The largest absolute Gasteiger partial charge is 0.477 e. The summed E-state index contributed by atoms with van der Waals surface area (Å²) in [6, 6.07) is 0.0120. The van der Waals surface area contributed by atoms with Crippen LogP contribution < -0.4 is 5.32 Å². The van der Waals surface area contributed by atoms with Crippen LogP contribution in [0.5, 0.6) is 0 Å². The Morgan fingerprint density at radius 2 is 2.14 bits per heavy atom. The van der Waals surface area contributed by atoms with Crippen LogP contribution >= 0.6 is 11.3 Å². The highest BCUT2D eigenvalue weighted by Gasteiger charge is 2.22. The molecular formula is C13H19N3O4S. The number of carboxylic acids is 1. The van der Waals surface area contributed by atoms with Crippen LogP contribution in [0, 0.1) is 6.92 Å². The number of carboxylic acid groups (broad SMARTS) is 1. The topological polar surface area (TPSA) is 91.8 Å². The molecule has 0 bridgehead atoms. The van der Waals surface area contributed by atoms with E-state index in [-0.39, 0.29) is 23.5 Å². The van der Waals surface area contributed by atoms with Crippen molar-refractivity contribution in [2.24, 2.45) is 0 Å². The monoisotopic (exact) mass is 313 g/mol. The summed E-state index contributed by atoms with van der Waals surface area (Å²) >= 11 is 1.09. The van der Waals surface area contributed by atoms with Gasteiger partial charge in [0.05, 0.1) is 12.2 Å². The fraction of sp³-hybridized carbons (Fsp3) is 0.615. The van der Waals surface area contributed by atoms with Gasteiger partial charge in [0.15, 0.2) is 0 Å². The minimum Gasteiger partial charge on any atom is -0.477 e. The van der Waals surface area contributed by atoms with Crippen LogP contribution in [0.3, 0.4) is 0 Å². The van der Waals surface area contributed by atoms with Crippen LogP contribution in [0.1, 0.15) is 33.2 Å². The maximum atomic E-state index is 12.1. The highest BCUT2D eigenvalue weighted by molar-refractivity contribution is 7.13. The fourth-order valence-electron chi connectivity index (χ4n) is 2.24. The zero-order valence-electron chi connectivity index (χ0n) is 12.1. The van der Waals surface area contributed by atoms with Gasteiger partial charge in [-0.15, -0.1) is 11.3 Å². The summed E-state index contributed by atoms with van der Waals surface area (Å²) in [5.41, 5.74) is 0.481. The van der Waals surface area contributed by atoms with Crippen molar-refractivity contribution in [1.82, 2.24) is 15.2 Å². The van der Waals surface area contributed by atoms with E-state index in [0.717, 1.165) is 24.2 Å². The van der Waals surface area contributed by atoms with Crippen molar-refractivity contribution in [1.29, 1.82) is 0 Å². The number of aryl methyl sites for hydroxylation is 1. The Bertz CT molecular complexity index is 525. The van der Waals surface area contributed by atoms with Gasteiger partial charge in [0.25, 0.3) is 0 Å². The molecule has 2 N–H and O–H groups in total. The summed E-state index contributed by atoms with van der Waals surface area (Å²) in [6.45, 7) is 3.25. The predicted octanol–water partition coefficient (Wildman–Crippen LogP) is 1.47. The molecule has 1 aromatic rings. The first-order valence-corrected chi connectivity index (χ1v) is 7.58. The molecule has 2 rings (SSSR count). The number of aromatic nitrogens is 1. The average molecular weight is 313 g/mol. The van der Waals surface area contributed by atoms with Crippen LogP contribution in [0.25, 0.3) is 0 Å². The zero-order chi connectivity index (χ0) is 15.4. The van der Waals surface area contributed by atoms with Gasteiger partial charge in [-0.2, -0.15) is 0 Å². The quantitative estimate of drug-likeness (QED) is 0.878. The number of hydrogen-bond acceptors (Lipinski definition) is 5. The van der Waals surface area contributed by atoms with Gasteiger partial charge in [0.2, 0.25) is 0 Å². The fourth-order valence-corrected chi connectivity index (χ4v) is 3.08. The smallest absolute Gasteiger partial charge is 0.347 e. The third kappa shape index (κ3) is 3.92. The van der Waals surface area contributed by atoms with Crippen LogP contribution in [0.15, 0.2) is 0 Å². The van der Waals surface area contributed by atoms with Crippen LogP contribution in [-0.4, -0.2) is 53.3 Å². The Morgan fingerprint density at radius 1 is 1.48 bits per heavy atom. The number of aromatic carboxylic acids is 1. The molecule has 0 unspecified atom stereocenters. The van der Waals surface area contributed by atoms with Crippen molar-refractivity contribution in [2.75, 3.05) is 20.3 Å². The summed E-state index contributed by atoms with van der Waals surface area (Å²) in [4.78, 5) is 29.1. The van der Waals surface area contributed by atoms with E-state index in [1.807, 2.05) is 0 Å². The molecule has 2 heterocycles. The molecule has 0 radical (unpaired) electrons. The van der Waals surface area contributed by atoms with Gasteiger partial charge >= 0.3 is 12.0 Å². The van der Waals surface area contributed by atoms with E-state index < -0.39 is 5.97 Å². The molecule has 0 spiro atoms. The standard InChI is InChI=1S/C13H19N3O4S/c1-8-11(12(17)18)21-10(15-8)7-14-13(19)16(2)9-3-5-20-6-4-9/h9H,3-7H2,1-2H3,(H,14,19)(H,17,18). The first-order chi connectivity index (χ1) is 9.99. The second-order valence-corrected chi connectivity index (χ2v) is 6.02. The van der Waals surface area contributed by atoms with Gasteiger partial charge in [0.1, 0.15) is 9.88 Å². The van der Waals surface area contributed by atoms with E-state index in [9.17, 15) is 9.59 Å². The first-order valence-electron chi connectivity index (χ1n) is 6.77. The summed E-state index contributed by atoms with van der Waals surface area (Å²) in [7, 11) is 1.76. The lowest BCUT2D eigenvalue weighted by Gasteiger charge is -2.31. The lowest BCUT2D eigenvalue weighted by molar-refractivity contribution is 0.0525. The third-order valence-electron chi connectivity index (χ3n) is 3.48. The van der Waals surface area contributed by atoms with E-state index >= 15 is 0 Å². The van der Waals surface area contributed by atoms with Crippen molar-refractivity contribution in [3.8, 4) is 0 Å². The molecule has 1 saturated heterocycles. The van der Waals surface area contributed by atoms with Crippen molar-refractivity contribution in [3.63, 3.8) is 0 Å². The van der Waals surface area contributed by atoms with E-state index in [4.69, 9.17) is 9.84 Å². The number of amides is 2. The molecular weight excluding hydrogens is 294 g/mol. The van der Waals surface area contributed by atoms with Gasteiger partial charge in [-0.25, -0.2) is 14.6 Å². The molecule has 0 saturated carbocycles. The molecule has 0 atom stereocenters. The van der Waals surface area contributed by atoms with Gasteiger partial charge < -0.3 is 20.1 Å². The van der Waals surface area contributed by atoms with Crippen LogP contribution in [0.2, 0.25) is 0 Å². The number of hydrogen-bond donors (Lipinski definition) is 2. The van der Waals surface area contributed by atoms with Gasteiger partial charge in [-0.3, -0.25) is 0 Å². The number of urea groups is 1. The van der Waals surface area contributed by atoms with Crippen molar-refractivity contribution < 1.29 is 19.4 Å². The van der Waals surface area contributed by atoms with Crippen LogP contribution in [-0.2, 0) is 11.3 Å². The molecule has 1 aromatic heterocycles. The Morgan fingerprint density at radius 3 is 2.71 bits per heavy atom. The van der Waals surface area contributed by atoms with Crippen LogP contribution in [0.4, 0.5) is 4.79 Å². The maximum Gasteiger partial charge on any atom is 0.347 e. The second kappa shape index (κ2) is 6.86. The third-order valence-corrected chi connectivity index (χ3v) is 4.63. The number of carbonyl (C=O) groups excluding carboxylic acids is 1. The Kier molecular flexibility index (Phi) is 5.13. The van der Waals surface area contributed by atoms with E-state index in [0.29, 0.717) is 23.9 Å². The second-order valence-electron chi connectivity index (χ2n) is 4.94. The van der Waals surface area contributed by atoms with E-state index in [2.05, 4.69) is 10.3 Å². The van der Waals surface area contributed by atoms with E-state index in [1.165, 1.54) is 0 Å². The number of rotatable bonds is 4. The number of ether oxygens (including phenoxy) is 1. The number of nitrogens with zero attached hydrogens (tertiary/aromatic N) is 2. The van der Waals surface area contributed by atoms with Crippen molar-refractivity contribution in [2.45, 2.75) is 32.4 Å². The first kappa shape index (κ1) is 15.7. The summed E-state index contributed by atoms with van der Waals surface area (Å²) in [6.07, 6.45) is 1.67. The molecule has 7 nitrogen and oxygen atoms in total. The SMILES string of the molecule is Cc1nc(CNC(=O)N(C)C2CCOCC2)sc1C(=O)O. The Labute approximate surface area is 126 Å². The molecule has 0 aliphatic carbocycles. The highest BCUT2D eigenvalue weighted by atomic mass is 32.1. The van der Waals surface area contributed by atoms with Crippen molar-refractivity contribution >= 4 is 23.3 Å². The molecule has 1 aliphatic heterocycles. The summed E-state index contributed by atoms with van der Waals surface area (Å²) in [5.74, 6) is -0.984.